The Hall–Kier alpha value is -2.08. The van der Waals surface area contributed by atoms with E-state index in [2.05, 4.69) is 10.3 Å². The maximum Gasteiger partial charge on any atom is 0.230 e. The summed E-state index contributed by atoms with van der Waals surface area (Å²) in [4.78, 5) is 27.2. The summed E-state index contributed by atoms with van der Waals surface area (Å²) in [6.45, 7) is 1.44. The molecular weight excluding hydrogens is 267 g/mol. The standard InChI is InChI=1S/C13H11FN2O2S/c1-8(17)11-7-15-13(19-11)16-12(18)6-9-3-2-4-10(14)5-9/h2-5,7H,6H2,1H3,(H,15,16,18). The molecule has 2 aromatic rings. The molecule has 1 aromatic heterocycles. The molecule has 0 fully saturated rings. The molecule has 1 aromatic carbocycles. The quantitative estimate of drug-likeness (QED) is 0.875. The number of benzene rings is 1. The Morgan fingerprint density at radius 1 is 1.42 bits per heavy atom. The average Bonchev–Trinajstić information content (AvgIpc) is 2.77. The highest BCUT2D eigenvalue weighted by atomic mass is 32.1. The first-order chi connectivity index (χ1) is 9.04. The van der Waals surface area contributed by atoms with Crippen LogP contribution in [-0.4, -0.2) is 16.7 Å². The van der Waals surface area contributed by atoms with Gasteiger partial charge in [-0.05, 0) is 17.7 Å². The second kappa shape index (κ2) is 5.71. The fourth-order valence-corrected chi connectivity index (χ4v) is 2.22. The molecule has 1 amide bonds. The van der Waals surface area contributed by atoms with Crippen molar-refractivity contribution in [2.75, 3.05) is 5.32 Å². The molecule has 0 radical (unpaired) electrons. The van der Waals surface area contributed by atoms with Gasteiger partial charge < -0.3 is 5.32 Å². The lowest BCUT2D eigenvalue weighted by atomic mass is 10.1. The second-order valence-corrected chi connectivity index (χ2v) is 4.97. The number of rotatable bonds is 4. The molecule has 1 N–H and O–H groups in total. The Labute approximate surface area is 113 Å². The molecule has 0 atom stereocenters. The van der Waals surface area contributed by atoms with Crippen LogP contribution in [0.15, 0.2) is 30.5 Å². The first-order valence-electron chi connectivity index (χ1n) is 5.55. The molecule has 0 unspecified atom stereocenters. The van der Waals surface area contributed by atoms with E-state index < -0.39 is 0 Å². The lowest BCUT2D eigenvalue weighted by molar-refractivity contribution is -0.115. The van der Waals surface area contributed by atoms with Gasteiger partial charge in [-0.1, -0.05) is 23.5 Å². The van der Waals surface area contributed by atoms with Crippen molar-refractivity contribution in [1.29, 1.82) is 0 Å². The van der Waals surface area contributed by atoms with Gasteiger partial charge in [0.05, 0.1) is 17.5 Å². The molecule has 0 saturated carbocycles. The smallest absolute Gasteiger partial charge is 0.230 e. The van der Waals surface area contributed by atoms with E-state index in [-0.39, 0.29) is 23.9 Å². The van der Waals surface area contributed by atoms with Crippen molar-refractivity contribution in [2.45, 2.75) is 13.3 Å². The molecule has 1 heterocycles. The van der Waals surface area contributed by atoms with Crippen molar-refractivity contribution >= 4 is 28.2 Å². The van der Waals surface area contributed by atoms with Crippen molar-refractivity contribution < 1.29 is 14.0 Å². The van der Waals surface area contributed by atoms with E-state index in [9.17, 15) is 14.0 Å². The number of ketones is 1. The number of aromatic nitrogens is 1. The lowest BCUT2D eigenvalue weighted by Gasteiger charge is -2.01. The van der Waals surface area contributed by atoms with Crippen LogP contribution in [0.3, 0.4) is 0 Å². The first kappa shape index (κ1) is 13.4. The fourth-order valence-electron chi connectivity index (χ4n) is 1.49. The van der Waals surface area contributed by atoms with Gasteiger partial charge in [0, 0.05) is 6.92 Å². The van der Waals surface area contributed by atoms with Gasteiger partial charge in [0.25, 0.3) is 0 Å². The van der Waals surface area contributed by atoms with Crippen LogP contribution in [0.5, 0.6) is 0 Å². The second-order valence-electron chi connectivity index (χ2n) is 3.94. The minimum Gasteiger partial charge on any atom is -0.302 e. The third kappa shape index (κ3) is 3.69. The summed E-state index contributed by atoms with van der Waals surface area (Å²) in [5, 5.41) is 2.95. The molecule has 0 bridgehead atoms. The van der Waals surface area contributed by atoms with Crippen LogP contribution in [0.25, 0.3) is 0 Å². The van der Waals surface area contributed by atoms with Gasteiger partial charge in [-0.3, -0.25) is 9.59 Å². The summed E-state index contributed by atoms with van der Waals surface area (Å²) in [6, 6.07) is 5.85. The SMILES string of the molecule is CC(=O)c1cnc(NC(=O)Cc2cccc(F)c2)s1. The van der Waals surface area contributed by atoms with E-state index in [1.165, 1.54) is 25.3 Å². The van der Waals surface area contributed by atoms with E-state index >= 15 is 0 Å². The van der Waals surface area contributed by atoms with Gasteiger partial charge in [-0.15, -0.1) is 0 Å². The molecule has 6 heteroatoms. The summed E-state index contributed by atoms with van der Waals surface area (Å²) >= 11 is 1.12. The van der Waals surface area contributed by atoms with E-state index in [1.807, 2.05) is 0 Å². The van der Waals surface area contributed by atoms with Gasteiger partial charge in [0.2, 0.25) is 5.91 Å². The Bertz CT molecular complexity index is 625. The zero-order chi connectivity index (χ0) is 13.8. The van der Waals surface area contributed by atoms with E-state index in [4.69, 9.17) is 0 Å². The molecule has 0 aliphatic rings. The maximum absolute atomic E-state index is 13.0. The van der Waals surface area contributed by atoms with Crippen molar-refractivity contribution in [2.24, 2.45) is 0 Å². The topological polar surface area (TPSA) is 59.1 Å². The van der Waals surface area contributed by atoms with Crippen LogP contribution in [0, 0.1) is 5.82 Å². The monoisotopic (exact) mass is 278 g/mol. The highest BCUT2D eigenvalue weighted by Gasteiger charge is 2.09. The van der Waals surface area contributed by atoms with Crippen LogP contribution in [0.2, 0.25) is 0 Å². The minimum absolute atomic E-state index is 0.0622. The summed E-state index contributed by atoms with van der Waals surface area (Å²) in [7, 11) is 0. The predicted molar refractivity (Wildman–Crippen MR) is 70.9 cm³/mol. The van der Waals surface area contributed by atoms with E-state index in [0.717, 1.165) is 11.3 Å². The summed E-state index contributed by atoms with van der Waals surface area (Å²) in [5.41, 5.74) is 0.584. The number of carbonyl (C=O) groups is 2. The number of anilines is 1. The number of carbonyl (C=O) groups excluding carboxylic acids is 2. The van der Waals surface area contributed by atoms with Crippen molar-refractivity contribution in [3.63, 3.8) is 0 Å². The van der Waals surface area contributed by atoms with E-state index in [1.54, 1.807) is 12.1 Å². The number of nitrogens with one attached hydrogen (secondary N) is 1. The third-order valence-corrected chi connectivity index (χ3v) is 3.37. The van der Waals surface area contributed by atoms with Crippen molar-refractivity contribution in [1.82, 2.24) is 4.98 Å². The van der Waals surface area contributed by atoms with Gasteiger partial charge in [0.15, 0.2) is 10.9 Å². The molecule has 0 spiro atoms. The summed E-state index contributed by atoms with van der Waals surface area (Å²) < 4.78 is 13.0. The van der Waals surface area contributed by atoms with Crippen LogP contribution in [-0.2, 0) is 11.2 Å². The fraction of sp³-hybridized carbons (Fsp3) is 0.154. The minimum atomic E-state index is -0.376. The average molecular weight is 278 g/mol. The number of hydrogen-bond acceptors (Lipinski definition) is 4. The van der Waals surface area contributed by atoms with Gasteiger partial charge in [0.1, 0.15) is 5.82 Å². The lowest BCUT2D eigenvalue weighted by Crippen LogP contribution is -2.14. The molecule has 19 heavy (non-hydrogen) atoms. The molecule has 4 nitrogen and oxygen atoms in total. The summed E-state index contributed by atoms with van der Waals surface area (Å²) in [6.07, 6.45) is 1.48. The number of amides is 1. The third-order valence-electron chi connectivity index (χ3n) is 2.35. The maximum atomic E-state index is 13.0. The zero-order valence-electron chi connectivity index (χ0n) is 10.1. The van der Waals surface area contributed by atoms with Crippen LogP contribution < -0.4 is 5.32 Å². The number of hydrogen-bond donors (Lipinski definition) is 1. The van der Waals surface area contributed by atoms with Crippen LogP contribution in [0.1, 0.15) is 22.2 Å². The first-order valence-corrected chi connectivity index (χ1v) is 6.37. The number of thiazole rings is 1. The predicted octanol–water partition coefficient (Wildman–Crippen LogP) is 2.67. The number of halogens is 1. The number of nitrogens with zero attached hydrogens (tertiary/aromatic N) is 1. The van der Waals surface area contributed by atoms with Crippen LogP contribution >= 0.6 is 11.3 Å². The summed E-state index contributed by atoms with van der Waals surface area (Å²) in [5.74, 6) is -0.767. The molecule has 0 aliphatic carbocycles. The molecule has 98 valence electrons. The van der Waals surface area contributed by atoms with Crippen LogP contribution in [0.4, 0.5) is 9.52 Å². The van der Waals surface area contributed by atoms with Crippen molar-refractivity contribution in [3.05, 3.63) is 46.7 Å². The van der Waals surface area contributed by atoms with E-state index in [0.29, 0.717) is 15.6 Å². The Morgan fingerprint density at radius 2 is 2.21 bits per heavy atom. The highest BCUT2D eigenvalue weighted by Crippen LogP contribution is 2.18. The molecule has 0 aliphatic heterocycles. The van der Waals surface area contributed by atoms with Gasteiger partial charge in [-0.25, -0.2) is 9.37 Å². The normalized spacial score (nSPS) is 10.2. The molecular formula is C13H11FN2O2S. The Kier molecular flexibility index (Phi) is 4.01. The van der Waals surface area contributed by atoms with Gasteiger partial charge in [-0.2, -0.15) is 0 Å². The molecule has 2 rings (SSSR count). The highest BCUT2D eigenvalue weighted by molar-refractivity contribution is 7.17. The largest absolute Gasteiger partial charge is 0.302 e. The molecule has 0 saturated heterocycles. The zero-order valence-corrected chi connectivity index (χ0v) is 11.0. The van der Waals surface area contributed by atoms with Gasteiger partial charge >= 0.3 is 0 Å². The Balaban J connectivity index is 1.99. The number of Topliss-reactive ketones (excluding diaryl/α,β-unsaturated/α-hetero) is 1. The van der Waals surface area contributed by atoms with Crippen molar-refractivity contribution in [3.8, 4) is 0 Å². The Morgan fingerprint density at radius 3 is 2.84 bits per heavy atom.